The first-order valence-electron chi connectivity index (χ1n) is 17.9. The van der Waals surface area contributed by atoms with Crippen molar-refractivity contribution in [3.63, 3.8) is 0 Å². The minimum Gasteiger partial charge on any atom is -0.500 e. The van der Waals surface area contributed by atoms with E-state index in [9.17, 15) is 0 Å². The van der Waals surface area contributed by atoms with Gasteiger partial charge in [-0.1, -0.05) is 78.2 Å². The van der Waals surface area contributed by atoms with Gasteiger partial charge in [-0.05, 0) is 52.5 Å². The van der Waals surface area contributed by atoms with Gasteiger partial charge in [-0.2, -0.15) is 0 Å². The van der Waals surface area contributed by atoms with E-state index >= 15 is 0 Å². The van der Waals surface area contributed by atoms with Crippen LogP contribution in [-0.4, -0.2) is 23.2 Å². The van der Waals surface area contributed by atoms with Gasteiger partial charge in [0.1, 0.15) is 5.58 Å². The number of hydrogen-bond acceptors (Lipinski definition) is 3. The summed E-state index contributed by atoms with van der Waals surface area (Å²) in [4.78, 5) is 9.11. The number of furan rings is 1. The van der Waals surface area contributed by atoms with Crippen LogP contribution in [0.3, 0.4) is 0 Å². The third-order valence-corrected chi connectivity index (χ3v) is 13.2. The zero-order valence-corrected chi connectivity index (χ0v) is 32.9. The van der Waals surface area contributed by atoms with Crippen molar-refractivity contribution in [1.29, 1.82) is 0 Å². The van der Waals surface area contributed by atoms with Gasteiger partial charge in [0.15, 0.2) is 0 Å². The second-order valence-electron chi connectivity index (χ2n) is 13.2. The SMILES string of the molecule is Cc1cc(-c2[c-]cccc2)nc[c]1[Ge]([CH3])([CH3])[CH3].[2H]C([2H])([2H])c1cnc(-c2[c-]cc3oc4ccc(-c5ccccc5)cc4c3c2)cc1-c1ccccc1.[Ir]. The molecule has 3 nitrogen and oxygen atoms in total. The number of benzene rings is 5. The van der Waals surface area contributed by atoms with Gasteiger partial charge >= 0.3 is 106 Å². The second kappa shape index (κ2) is 15.1. The second-order valence-corrected chi connectivity index (χ2v) is 23.8. The average Bonchev–Trinajstić information content (AvgIpc) is 3.52. The summed E-state index contributed by atoms with van der Waals surface area (Å²) in [5.74, 6) is 7.20. The van der Waals surface area contributed by atoms with Crippen molar-refractivity contribution in [3.05, 3.63) is 163 Å². The maximum atomic E-state index is 7.98. The number of nitrogens with zero attached hydrogens (tertiary/aromatic N) is 2. The molecule has 50 heavy (non-hydrogen) atoms. The molecular weight excluding hydrogens is 849 g/mol. The third-order valence-electron chi connectivity index (χ3n) is 8.68. The Morgan fingerprint density at radius 3 is 1.98 bits per heavy atom. The van der Waals surface area contributed by atoms with Crippen LogP contribution in [0.5, 0.6) is 0 Å². The van der Waals surface area contributed by atoms with Crippen molar-refractivity contribution in [2.75, 3.05) is 0 Å². The van der Waals surface area contributed by atoms with E-state index in [0.717, 1.165) is 55.4 Å². The molecule has 0 spiro atoms. The van der Waals surface area contributed by atoms with Crippen LogP contribution in [0, 0.1) is 25.9 Å². The molecule has 8 aromatic rings. The molecule has 3 aromatic heterocycles. The Bertz CT molecular complexity index is 2500. The Morgan fingerprint density at radius 2 is 1.30 bits per heavy atom. The molecule has 3 heterocycles. The van der Waals surface area contributed by atoms with Gasteiger partial charge in [-0.15, -0.1) is 23.8 Å². The Balaban J connectivity index is 0.000000226. The molecule has 249 valence electrons. The van der Waals surface area contributed by atoms with Crippen LogP contribution in [0.4, 0.5) is 0 Å². The van der Waals surface area contributed by atoms with Gasteiger partial charge < -0.3 is 9.40 Å². The molecule has 0 amide bonds. The fourth-order valence-corrected chi connectivity index (χ4v) is 9.76. The molecule has 0 saturated heterocycles. The van der Waals surface area contributed by atoms with Gasteiger partial charge in [-0.25, -0.2) is 0 Å². The summed E-state index contributed by atoms with van der Waals surface area (Å²) in [7, 11) is 0. The van der Waals surface area contributed by atoms with Crippen molar-refractivity contribution in [2.45, 2.75) is 31.0 Å². The van der Waals surface area contributed by atoms with E-state index in [0.29, 0.717) is 11.3 Å². The summed E-state index contributed by atoms with van der Waals surface area (Å²) in [5.41, 5.74) is 10.4. The molecule has 0 fully saturated rings. The van der Waals surface area contributed by atoms with E-state index in [1.807, 2.05) is 91.0 Å². The summed E-state index contributed by atoms with van der Waals surface area (Å²) in [6.45, 7) is -0.0705. The van der Waals surface area contributed by atoms with Crippen LogP contribution in [0.2, 0.25) is 17.3 Å². The normalized spacial score (nSPS) is 12.3. The molecule has 0 atom stereocenters. The van der Waals surface area contributed by atoms with E-state index in [-0.39, 0.29) is 25.7 Å². The number of rotatable bonds is 5. The van der Waals surface area contributed by atoms with Crippen LogP contribution in [0.15, 0.2) is 144 Å². The van der Waals surface area contributed by atoms with Crippen LogP contribution in [-0.2, 0) is 20.1 Å². The van der Waals surface area contributed by atoms with E-state index in [4.69, 9.17) is 8.53 Å². The van der Waals surface area contributed by atoms with E-state index in [2.05, 4.69) is 88.9 Å². The molecule has 0 aliphatic carbocycles. The fraction of sp³-hybridized carbons (Fsp3) is 0.111. The number of pyridine rings is 2. The topological polar surface area (TPSA) is 38.9 Å². The van der Waals surface area contributed by atoms with Gasteiger partial charge in [-0.3, -0.25) is 0 Å². The summed E-state index contributed by atoms with van der Waals surface area (Å²) < 4.78 is 31.5. The molecule has 0 unspecified atom stereocenters. The first-order valence-corrected chi connectivity index (χ1v) is 23.7. The van der Waals surface area contributed by atoms with Gasteiger partial charge in [0.2, 0.25) is 0 Å². The molecular formula is C45H38GeIrN2O-2. The first kappa shape index (κ1) is 31.4. The molecule has 0 saturated carbocycles. The van der Waals surface area contributed by atoms with Gasteiger partial charge in [0, 0.05) is 35.8 Å². The molecule has 8 rings (SSSR count). The van der Waals surface area contributed by atoms with Crippen LogP contribution < -0.4 is 4.40 Å². The van der Waals surface area contributed by atoms with E-state index < -0.39 is 20.1 Å². The quantitative estimate of drug-likeness (QED) is 0.128. The molecule has 0 bridgehead atoms. The van der Waals surface area contributed by atoms with Gasteiger partial charge in [0.05, 0.1) is 5.58 Å². The maximum absolute atomic E-state index is 7.98. The monoisotopic (exact) mass is 892 g/mol. The zero-order valence-electron chi connectivity index (χ0n) is 31.4. The predicted octanol–water partition coefficient (Wildman–Crippen LogP) is 11.5. The molecule has 0 N–H and O–H groups in total. The van der Waals surface area contributed by atoms with Gasteiger partial charge in [0.25, 0.3) is 0 Å². The van der Waals surface area contributed by atoms with Crippen molar-refractivity contribution in [2.24, 2.45) is 0 Å². The van der Waals surface area contributed by atoms with Crippen LogP contribution >= 0.6 is 0 Å². The average molecular weight is 891 g/mol. The molecule has 0 aliphatic rings. The number of aromatic nitrogens is 2. The largest absolute Gasteiger partial charge is 0.500 e. The zero-order chi connectivity index (χ0) is 36.5. The van der Waals surface area contributed by atoms with E-state index in [1.165, 1.54) is 16.2 Å². The number of aryl methyl sites for hydroxylation is 2. The Hall–Kier alpha value is -4.61. The summed E-state index contributed by atoms with van der Waals surface area (Å²) in [6.07, 6.45) is 3.54. The minimum absolute atomic E-state index is 0. The Labute approximate surface area is 315 Å². The van der Waals surface area contributed by atoms with E-state index in [1.54, 1.807) is 0 Å². The standard InChI is InChI=1S/C30H20NO.C15H18GeN.Ir/c1-20-19-31-28(18-25(20)22-10-6-3-7-11-22)24-13-15-30-27(17-24)26-16-23(12-14-29(26)32-30)21-8-4-2-5-9-21;1-12-10-15(13-8-6-5-7-9-13)17-11-14(12)16(2,3)4;/h2-12,14-19H,1H3;5-8,10-11H,1-4H3;/q2*-1;/i1D3;;. The summed E-state index contributed by atoms with van der Waals surface area (Å²) in [6, 6.07) is 48.3. The molecule has 5 aromatic carbocycles. The number of fused-ring (bicyclic) bond motifs is 3. The first-order chi connectivity index (χ1) is 25.0. The van der Waals surface area contributed by atoms with Crippen LogP contribution in [0.25, 0.3) is 66.7 Å². The third kappa shape index (κ3) is 7.59. The summed E-state index contributed by atoms with van der Waals surface area (Å²) >= 11 is -1.77. The Morgan fingerprint density at radius 1 is 0.620 bits per heavy atom. The van der Waals surface area contributed by atoms with Crippen molar-refractivity contribution < 1.29 is 28.6 Å². The summed E-state index contributed by atoms with van der Waals surface area (Å²) in [5, 5.41) is 1.98. The molecule has 5 heteroatoms. The van der Waals surface area contributed by atoms with Crippen molar-refractivity contribution in [3.8, 4) is 44.8 Å². The van der Waals surface area contributed by atoms with Crippen molar-refractivity contribution >= 4 is 39.6 Å². The predicted molar refractivity (Wildman–Crippen MR) is 208 cm³/mol. The molecule has 1 radical (unpaired) electrons. The smallest absolute Gasteiger partial charge is 0.121 e. The Kier molecular flexibility index (Phi) is 9.48. The number of hydrogen-bond donors (Lipinski definition) is 0. The molecule has 0 aliphatic heterocycles. The van der Waals surface area contributed by atoms with Crippen LogP contribution in [0.1, 0.15) is 15.2 Å². The minimum atomic E-state index is -2.26. The fourth-order valence-electron chi connectivity index (χ4n) is 6.18. The van der Waals surface area contributed by atoms with Crippen molar-refractivity contribution in [1.82, 2.24) is 9.97 Å². The maximum Gasteiger partial charge on any atom is 0.121 e.